The molecule has 0 bridgehead atoms. The second-order valence-corrected chi connectivity index (χ2v) is 16.9. The van der Waals surface area contributed by atoms with Gasteiger partial charge in [-0.2, -0.15) is 5.10 Å². The van der Waals surface area contributed by atoms with Crippen LogP contribution in [0.3, 0.4) is 0 Å². The van der Waals surface area contributed by atoms with Crippen molar-refractivity contribution >= 4 is 44.8 Å². The highest BCUT2D eigenvalue weighted by molar-refractivity contribution is 7.22. The highest BCUT2D eigenvalue weighted by Crippen LogP contribution is 2.39. The standard InChI is InChI=1S/C48H61N3O7S/c1-3-11-35-14-18-37(19-15-35)39-22-27-44(40(32-39)33-49-51(28-29-52)48-50-43-12-7-8-13-45(43)59-48)57-34-36-16-20-38(21-17-36)47(54)58-42-25-23-41(24-26-42)55-30-9-5-6-10-31-56-46(53)4-2/h4,7-8,12-13,22-27,32-33,35-38,52H,2-3,5-6,9-11,14-21,28-31,34H2,1H3/b49-33+. The SMILES string of the molecule is C=CC(=O)OCCCCCCOc1ccc(OC(=O)C2CCC(COc3ccc(C4CCC(CCC)CC4)cc3/C=N/N(CCO)c3nc4ccccc4s3)CC2)cc1. The van der Waals surface area contributed by atoms with E-state index in [-0.39, 0.29) is 24.5 Å². The van der Waals surface area contributed by atoms with Crippen LogP contribution in [0.15, 0.2) is 84.5 Å². The van der Waals surface area contributed by atoms with Crippen molar-refractivity contribution in [3.63, 3.8) is 0 Å². The van der Waals surface area contributed by atoms with Crippen LogP contribution in [-0.2, 0) is 14.3 Å². The summed E-state index contributed by atoms with van der Waals surface area (Å²) in [7, 11) is 0. The molecule has 6 rings (SSSR count). The number of thiazole rings is 1. The van der Waals surface area contributed by atoms with Gasteiger partial charge in [0.25, 0.3) is 0 Å². The first-order chi connectivity index (χ1) is 28.9. The van der Waals surface area contributed by atoms with Gasteiger partial charge in [0.15, 0.2) is 0 Å². The van der Waals surface area contributed by atoms with E-state index >= 15 is 0 Å². The van der Waals surface area contributed by atoms with Crippen molar-refractivity contribution in [3.8, 4) is 17.2 Å². The molecule has 11 heteroatoms. The number of rotatable bonds is 22. The van der Waals surface area contributed by atoms with Gasteiger partial charge in [0.2, 0.25) is 5.13 Å². The fourth-order valence-corrected chi connectivity index (χ4v) is 9.15. The summed E-state index contributed by atoms with van der Waals surface area (Å²) in [6.07, 6.45) is 17.5. The molecule has 1 heterocycles. The minimum atomic E-state index is -0.384. The molecule has 0 radical (unpaired) electrons. The largest absolute Gasteiger partial charge is 0.494 e. The average molecular weight is 824 g/mol. The predicted octanol–water partition coefficient (Wildman–Crippen LogP) is 10.7. The van der Waals surface area contributed by atoms with E-state index in [2.05, 4.69) is 37.8 Å². The van der Waals surface area contributed by atoms with Crippen molar-refractivity contribution in [2.24, 2.45) is 22.9 Å². The van der Waals surface area contributed by atoms with Crippen molar-refractivity contribution in [3.05, 3.63) is 90.5 Å². The minimum absolute atomic E-state index is 0.0444. The molecule has 0 amide bonds. The van der Waals surface area contributed by atoms with E-state index in [0.29, 0.717) is 44.0 Å². The molecule has 4 aromatic rings. The van der Waals surface area contributed by atoms with Crippen molar-refractivity contribution in [1.82, 2.24) is 4.98 Å². The van der Waals surface area contributed by atoms with Crippen LogP contribution in [0.2, 0.25) is 0 Å². The Labute approximate surface area is 353 Å². The molecule has 1 aromatic heterocycles. The number of hydrogen-bond donors (Lipinski definition) is 1. The van der Waals surface area contributed by atoms with Crippen LogP contribution in [0.5, 0.6) is 17.2 Å². The first-order valence-electron chi connectivity index (χ1n) is 21.7. The van der Waals surface area contributed by atoms with Crippen LogP contribution in [-0.4, -0.2) is 61.2 Å². The van der Waals surface area contributed by atoms with Crippen LogP contribution in [0, 0.1) is 17.8 Å². The van der Waals surface area contributed by atoms with Crippen molar-refractivity contribution in [1.29, 1.82) is 0 Å². The summed E-state index contributed by atoms with van der Waals surface area (Å²) >= 11 is 1.56. The first-order valence-corrected chi connectivity index (χ1v) is 22.5. The molecule has 10 nitrogen and oxygen atoms in total. The molecule has 0 saturated heterocycles. The number of hydrogen-bond acceptors (Lipinski definition) is 11. The summed E-state index contributed by atoms with van der Waals surface area (Å²) in [5, 5.41) is 17.3. The van der Waals surface area contributed by atoms with E-state index in [4.69, 9.17) is 29.0 Å². The summed E-state index contributed by atoms with van der Waals surface area (Å²) in [6.45, 7) is 7.53. The monoisotopic (exact) mass is 823 g/mol. The maximum absolute atomic E-state index is 13.1. The number of nitrogens with zero attached hydrogens (tertiary/aromatic N) is 3. The number of hydrazone groups is 1. The third-order valence-corrected chi connectivity index (χ3v) is 12.7. The van der Waals surface area contributed by atoms with Crippen molar-refractivity contribution < 1.29 is 33.6 Å². The number of fused-ring (bicyclic) bond motifs is 1. The number of para-hydroxylation sites is 1. The molecule has 0 unspecified atom stereocenters. The number of aliphatic hydroxyl groups is 1. The highest BCUT2D eigenvalue weighted by Gasteiger charge is 2.29. The molecule has 2 aliphatic rings. The molecule has 1 N–H and O–H groups in total. The number of aromatic nitrogens is 1. The summed E-state index contributed by atoms with van der Waals surface area (Å²) in [6, 6.07) is 21.9. The summed E-state index contributed by atoms with van der Waals surface area (Å²) in [5.74, 6) is 3.04. The molecule has 2 aliphatic carbocycles. The zero-order chi connectivity index (χ0) is 41.2. The van der Waals surface area contributed by atoms with Crippen LogP contribution in [0.1, 0.15) is 114 Å². The van der Waals surface area contributed by atoms with Crippen LogP contribution >= 0.6 is 11.3 Å². The van der Waals surface area contributed by atoms with Crippen molar-refractivity contribution in [2.45, 2.75) is 103 Å². The van der Waals surface area contributed by atoms with Gasteiger partial charge in [-0.3, -0.25) is 4.79 Å². The zero-order valence-electron chi connectivity index (χ0n) is 34.6. The van der Waals surface area contributed by atoms with Crippen molar-refractivity contribution in [2.75, 3.05) is 38.0 Å². The smallest absolute Gasteiger partial charge is 0.330 e. The molecule has 2 saturated carbocycles. The Morgan fingerprint density at radius 3 is 2.34 bits per heavy atom. The number of carbonyl (C=O) groups excluding carboxylic acids is 2. The van der Waals surface area contributed by atoms with E-state index in [1.807, 2.05) is 36.5 Å². The molecule has 0 aliphatic heterocycles. The third-order valence-electron chi connectivity index (χ3n) is 11.6. The highest BCUT2D eigenvalue weighted by atomic mass is 32.1. The Hall–Kier alpha value is -4.74. The van der Waals surface area contributed by atoms with Gasteiger partial charge in [0, 0.05) is 11.6 Å². The van der Waals surface area contributed by atoms with E-state index in [1.54, 1.807) is 28.5 Å². The Morgan fingerprint density at radius 2 is 1.61 bits per heavy atom. The summed E-state index contributed by atoms with van der Waals surface area (Å²) in [5.41, 5.74) is 3.18. The molecular weight excluding hydrogens is 763 g/mol. The van der Waals surface area contributed by atoms with Gasteiger partial charge in [-0.25, -0.2) is 14.8 Å². The first kappa shape index (κ1) is 43.8. The van der Waals surface area contributed by atoms with Crippen LogP contribution < -0.4 is 19.2 Å². The molecule has 0 atom stereocenters. The Kier molecular flexibility index (Phi) is 17.2. The van der Waals surface area contributed by atoms with Gasteiger partial charge in [-0.05, 0) is 149 Å². The fourth-order valence-electron chi connectivity index (χ4n) is 8.20. The lowest BCUT2D eigenvalue weighted by Crippen LogP contribution is -2.27. The number of carbonyl (C=O) groups is 2. The predicted molar refractivity (Wildman–Crippen MR) is 236 cm³/mol. The molecule has 3 aromatic carbocycles. The lowest BCUT2D eigenvalue weighted by molar-refractivity contribution is -0.140. The Balaban J connectivity index is 0.993. The normalized spacial score (nSPS) is 19.4. The maximum atomic E-state index is 13.1. The lowest BCUT2D eigenvalue weighted by atomic mass is 9.77. The van der Waals surface area contributed by atoms with E-state index in [0.717, 1.165) is 89.7 Å². The molecule has 0 spiro atoms. The number of benzene rings is 3. The Morgan fingerprint density at radius 1 is 0.881 bits per heavy atom. The number of esters is 2. The number of ether oxygens (including phenoxy) is 4. The summed E-state index contributed by atoms with van der Waals surface area (Å²) in [4.78, 5) is 29.0. The van der Waals surface area contributed by atoms with Gasteiger partial charge >= 0.3 is 11.9 Å². The Bertz CT molecular complexity index is 1910. The maximum Gasteiger partial charge on any atom is 0.330 e. The second-order valence-electron chi connectivity index (χ2n) is 15.9. The topological polar surface area (TPSA) is 120 Å². The van der Waals surface area contributed by atoms with Gasteiger partial charge in [0.1, 0.15) is 17.2 Å². The van der Waals surface area contributed by atoms with Gasteiger partial charge in [0.05, 0.1) is 55.3 Å². The van der Waals surface area contributed by atoms with Crippen LogP contribution in [0.25, 0.3) is 10.2 Å². The van der Waals surface area contributed by atoms with E-state index < -0.39 is 0 Å². The van der Waals surface area contributed by atoms with E-state index in [9.17, 15) is 14.7 Å². The quantitative estimate of drug-likeness (QED) is 0.0206. The summed E-state index contributed by atoms with van der Waals surface area (Å²) < 4.78 is 24.3. The number of aliphatic hydroxyl groups excluding tert-OH is 1. The minimum Gasteiger partial charge on any atom is -0.494 e. The zero-order valence-corrected chi connectivity index (χ0v) is 35.4. The molecule has 2 fully saturated rings. The molecular formula is C48H61N3O7S. The second kappa shape index (κ2) is 23.2. The third kappa shape index (κ3) is 13.4. The lowest BCUT2D eigenvalue weighted by Gasteiger charge is -2.29. The molecule has 59 heavy (non-hydrogen) atoms. The number of anilines is 1. The van der Waals surface area contributed by atoms with Gasteiger partial charge in [-0.1, -0.05) is 55.9 Å². The van der Waals surface area contributed by atoms with E-state index in [1.165, 1.54) is 50.2 Å². The van der Waals surface area contributed by atoms with Gasteiger partial charge < -0.3 is 24.1 Å². The number of unbranched alkanes of at least 4 members (excludes halogenated alkanes) is 3. The molecule has 316 valence electrons. The van der Waals surface area contributed by atoms with Crippen LogP contribution in [0.4, 0.5) is 5.13 Å². The fraction of sp³-hybridized carbons (Fsp3) is 0.500. The average Bonchev–Trinajstić information content (AvgIpc) is 3.71. The van der Waals surface area contributed by atoms with Gasteiger partial charge in [-0.15, -0.1) is 0 Å².